The fourth-order valence-electron chi connectivity index (χ4n) is 1.63. The number of anilines is 1. The normalized spacial score (nSPS) is 21.1. The van der Waals surface area contributed by atoms with Crippen LogP contribution >= 0.6 is 11.8 Å². The molecule has 1 aromatic rings. The fraction of sp³-hybridized carbons (Fsp3) is 0.455. The Morgan fingerprint density at radius 1 is 1.50 bits per heavy atom. The van der Waals surface area contributed by atoms with Gasteiger partial charge in [0.15, 0.2) is 0 Å². The lowest BCUT2D eigenvalue weighted by Crippen LogP contribution is -2.18. The third-order valence-electron chi connectivity index (χ3n) is 2.56. The summed E-state index contributed by atoms with van der Waals surface area (Å²) in [6.07, 6.45) is 1.18. The molecule has 14 heavy (non-hydrogen) atoms. The van der Waals surface area contributed by atoms with Crippen molar-refractivity contribution in [3.63, 3.8) is 0 Å². The van der Waals surface area contributed by atoms with Crippen LogP contribution in [0.15, 0.2) is 18.2 Å². The van der Waals surface area contributed by atoms with Gasteiger partial charge < -0.3 is 5.32 Å². The quantitative estimate of drug-likeness (QED) is 0.807. The second-order valence-electron chi connectivity index (χ2n) is 3.62. The molecule has 76 valence electrons. The van der Waals surface area contributed by atoms with Gasteiger partial charge in [0.05, 0.1) is 0 Å². The lowest BCUT2D eigenvalue weighted by atomic mass is 10.1. The van der Waals surface area contributed by atoms with E-state index in [1.165, 1.54) is 18.2 Å². The van der Waals surface area contributed by atoms with Gasteiger partial charge in [0.1, 0.15) is 5.82 Å². The molecule has 1 nitrogen and oxygen atoms in total. The van der Waals surface area contributed by atoms with Crippen LogP contribution in [-0.2, 0) is 0 Å². The average molecular weight is 211 g/mol. The molecule has 0 amide bonds. The van der Waals surface area contributed by atoms with Gasteiger partial charge in [-0.05, 0) is 31.2 Å². The molecule has 1 atom stereocenters. The van der Waals surface area contributed by atoms with Gasteiger partial charge in [-0.2, -0.15) is 11.8 Å². The van der Waals surface area contributed by atoms with Crippen molar-refractivity contribution >= 4 is 17.4 Å². The summed E-state index contributed by atoms with van der Waals surface area (Å²) >= 11 is 1.96. The summed E-state index contributed by atoms with van der Waals surface area (Å²) in [6.45, 7) is 1.82. The highest BCUT2D eigenvalue weighted by Crippen LogP contribution is 2.24. The van der Waals surface area contributed by atoms with E-state index in [1.54, 1.807) is 6.07 Å². The van der Waals surface area contributed by atoms with E-state index >= 15 is 0 Å². The maximum atomic E-state index is 13.2. The first-order chi connectivity index (χ1) is 6.77. The number of thioether (sulfide) groups is 1. The molecule has 0 bridgehead atoms. The van der Waals surface area contributed by atoms with Crippen LogP contribution < -0.4 is 5.32 Å². The van der Waals surface area contributed by atoms with E-state index in [-0.39, 0.29) is 5.82 Å². The van der Waals surface area contributed by atoms with E-state index in [0.717, 1.165) is 17.0 Å². The SMILES string of the molecule is Cc1c(F)cccc1NC1CCSC1. The fourth-order valence-corrected chi connectivity index (χ4v) is 2.78. The molecular formula is C11H14FNS. The van der Waals surface area contributed by atoms with E-state index in [4.69, 9.17) is 0 Å². The molecule has 1 aliphatic heterocycles. The van der Waals surface area contributed by atoms with Crippen molar-refractivity contribution in [3.05, 3.63) is 29.6 Å². The van der Waals surface area contributed by atoms with Crippen LogP contribution in [-0.4, -0.2) is 17.5 Å². The highest BCUT2D eigenvalue weighted by atomic mass is 32.2. The minimum atomic E-state index is -0.124. The lowest BCUT2D eigenvalue weighted by Gasteiger charge is -2.15. The standard InChI is InChI=1S/C11H14FNS/c1-8-10(12)3-2-4-11(8)13-9-5-6-14-7-9/h2-4,9,13H,5-7H2,1H3. The molecule has 3 heteroatoms. The van der Waals surface area contributed by atoms with Gasteiger partial charge in [-0.1, -0.05) is 6.07 Å². The molecule has 2 rings (SSSR count). The van der Waals surface area contributed by atoms with Gasteiger partial charge in [0, 0.05) is 23.0 Å². The summed E-state index contributed by atoms with van der Waals surface area (Å²) in [6, 6.07) is 5.72. The van der Waals surface area contributed by atoms with Crippen LogP contribution in [0.25, 0.3) is 0 Å². The Labute approximate surface area is 88.1 Å². The largest absolute Gasteiger partial charge is 0.381 e. The molecule has 1 aromatic carbocycles. The first kappa shape index (κ1) is 9.84. The average Bonchev–Trinajstić information content (AvgIpc) is 2.66. The predicted octanol–water partition coefficient (Wildman–Crippen LogP) is 3.05. The number of hydrogen-bond donors (Lipinski definition) is 1. The van der Waals surface area contributed by atoms with Gasteiger partial charge in [-0.3, -0.25) is 0 Å². The second kappa shape index (κ2) is 4.22. The van der Waals surface area contributed by atoms with Gasteiger partial charge in [0.2, 0.25) is 0 Å². The summed E-state index contributed by atoms with van der Waals surface area (Å²) in [4.78, 5) is 0. The molecule has 0 saturated carbocycles. The van der Waals surface area contributed by atoms with E-state index in [1.807, 2.05) is 24.8 Å². The molecule has 1 aliphatic rings. The Morgan fingerprint density at radius 3 is 3.07 bits per heavy atom. The Kier molecular flexibility index (Phi) is 2.96. The third-order valence-corrected chi connectivity index (χ3v) is 3.72. The van der Waals surface area contributed by atoms with Crippen molar-refractivity contribution in [2.45, 2.75) is 19.4 Å². The van der Waals surface area contributed by atoms with Crippen molar-refractivity contribution in [1.82, 2.24) is 0 Å². The summed E-state index contributed by atoms with van der Waals surface area (Å²) < 4.78 is 13.2. The van der Waals surface area contributed by atoms with E-state index < -0.39 is 0 Å². The molecule has 0 aliphatic carbocycles. The van der Waals surface area contributed by atoms with Gasteiger partial charge >= 0.3 is 0 Å². The lowest BCUT2D eigenvalue weighted by molar-refractivity contribution is 0.618. The molecule has 1 saturated heterocycles. The molecule has 1 fully saturated rings. The molecular weight excluding hydrogens is 197 g/mol. The molecule has 1 N–H and O–H groups in total. The Morgan fingerprint density at radius 2 is 2.36 bits per heavy atom. The molecule has 1 heterocycles. The van der Waals surface area contributed by atoms with Crippen LogP contribution in [0, 0.1) is 12.7 Å². The zero-order valence-electron chi connectivity index (χ0n) is 8.22. The van der Waals surface area contributed by atoms with Crippen molar-refractivity contribution in [3.8, 4) is 0 Å². The molecule has 1 unspecified atom stereocenters. The van der Waals surface area contributed by atoms with Gasteiger partial charge in [-0.15, -0.1) is 0 Å². The smallest absolute Gasteiger partial charge is 0.128 e. The first-order valence-electron chi connectivity index (χ1n) is 4.87. The maximum absolute atomic E-state index is 13.2. The summed E-state index contributed by atoms with van der Waals surface area (Å²) in [5.41, 5.74) is 1.67. The van der Waals surface area contributed by atoms with Gasteiger partial charge in [0.25, 0.3) is 0 Å². The first-order valence-corrected chi connectivity index (χ1v) is 6.02. The zero-order chi connectivity index (χ0) is 9.97. The molecule has 0 radical (unpaired) electrons. The predicted molar refractivity (Wildman–Crippen MR) is 60.5 cm³/mol. The van der Waals surface area contributed by atoms with E-state index in [2.05, 4.69) is 5.32 Å². The summed E-state index contributed by atoms with van der Waals surface area (Å²) in [5.74, 6) is 2.22. The zero-order valence-corrected chi connectivity index (χ0v) is 9.03. The van der Waals surface area contributed by atoms with Crippen molar-refractivity contribution < 1.29 is 4.39 Å². The number of hydrogen-bond acceptors (Lipinski definition) is 2. The topological polar surface area (TPSA) is 12.0 Å². The van der Waals surface area contributed by atoms with Crippen LogP contribution in [0.4, 0.5) is 10.1 Å². The maximum Gasteiger partial charge on any atom is 0.128 e. The number of benzene rings is 1. The van der Waals surface area contributed by atoms with Crippen molar-refractivity contribution in [2.75, 3.05) is 16.8 Å². The Hall–Kier alpha value is -0.700. The van der Waals surface area contributed by atoms with Gasteiger partial charge in [-0.25, -0.2) is 4.39 Å². The van der Waals surface area contributed by atoms with E-state index in [9.17, 15) is 4.39 Å². The van der Waals surface area contributed by atoms with Crippen LogP contribution in [0.5, 0.6) is 0 Å². The van der Waals surface area contributed by atoms with Crippen LogP contribution in [0.3, 0.4) is 0 Å². The Bertz CT molecular complexity index is 321. The van der Waals surface area contributed by atoms with E-state index in [0.29, 0.717) is 6.04 Å². The summed E-state index contributed by atoms with van der Waals surface area (Å²) in [7, 11) is 0. The number of halogens is 1. The van der Waals surface area contributed by atoms with Crippen LogP contribution in [0.1, 0.15) is 12.0 Å². The number of rotatable bonds is 2. The Balaban J connectivity index is 2.11. The van der Waals surface area contributed by atoms with Crippen molar-refractivity contribution in [2.24, 2.45) is 0 Å². The van der Waals surface area contributed by atoms with Crippen LogP contribution in [0.2, 0.25) is 0 Å². The second-order valence-corrected chi connectivity index (χ2v) is 4.77. The highest BCUT2D eigenvalue weighted by molar-refractivity contribution is 7.99. The monoisotopic (exact) mass is 211 g/mol. The molecule has 0 spiro atoms. The number of nitrogens with one attached hydrogen (secondary N) is 1. The van der Waals surface area contributed by atoms with Crippen molar-refractivity contribution in [1.29, 1.82) is 0 Å². The minimum absolute atomic E-state index is 0.124. The third kappa shape index (κ3) is 2.03. The molecule has 0 aromatic heterocycles. The summed E-state index contributed by atoms with van der Waals surface area (Å²) in [5, 5.41) is 3.39. The minimum Gasteiger partial charge on any atom is -0.381 e. The highest BCUT2D eigenvalue weighted by Gasteiger charge is 2.16.